The summed E-state index contributed by atoms with van der Waals surface area (Å²) in [6.45, 7) is 5.01. The van der Waals surface area contributed by atoms with Crippen molar-refractivity contribution in [3.8, 4) is 6.07 Å². The Balaban J connectivity index is 2.39. The van der Waals surface area contributed by atoms with Gasteiger partial charge in [-0.25, -0.2) is 4.98 Å². The Morgan fingerprint density at radius 3 is 2.61 bits per heavy atom. The minimum Gasteiger partial charge on any atom is -0.338 e. The molecule has 0 radical (unpaired) electrons. The third-order valence-electron chi connectivity index (χ3n) is 2.97. The van der Waals surface area contributed by atoms with Crippen molar-refractivity contribution in [1.82, 2.24) is 15.1 Å². The van der Waals surface area contributed by atoms with Crippen LogP contribution in [0.15, 0.2) is 15.6 Å². The van der Waals surface area contributed by atoms with E-state index >= 15 is 0 Å². The summed E-state index contributed by atoms with van der Waals surface area (Å²) in [6.07, 6.45) is -4.03. The molecule has 0 N–H and O–H groups in total. The molecule has 23 heavy (non-hydrogen) atoms. The summed E-state index contributed by atoms with van der Waals surface area (Å²) in [5.41, 5.74) is -1.29. The highest BCUT2D eigenvalue weighted by molar-refractivity contribution is 7.99. The molecular formula is C14H13F3N4OS. The van der Waals surface area contributed by atoms with Crippen LogP contribution in [0.25, 0.3) is 0 Å². The number of hydrogen-bond donors (Lipinski definition) is 0. The minimum atomic E-state index is -4.61. The van der Waals surface area contributed by atoms with Gasteiger partial charge in [-0.05, 0) is 19.9 Å². The molecule has 0 fully saturated rings. The van der Waals surface area contributed by atoms with Crippen molar-refractivity contribution in [2.75, 3.05) is 0 Å². The summed E-state index contributed by atoms with van der Waals surface area (Å²) in [4.78, 5) is 8.20. The standard InChI is InChI=1S/C14H13F3N4OS/c1-4-11-20-12(22-21-11)8(3)23-13-9(6-18)10(14(15,16)17)5-7(2)19-13/h5,8H,4H2,1-3H3. The van der Waals surface area contributed by atoms with E-state index in [-0.39, 0.29) is 16.6 Å². The van der Waals surface area contributed by atoms with Crippen LogP contribution in [0.1, 0.15) is 47.6 Å². The molecule has 1 atom stereocenters. The van der Waals surface area contributed by atoms with E-state index in [1.165, 1.54) is 6.92 Å². The number of nitrogens with zero attached hydrogens (tertiary/aromatic N) is 4. The molecule has 0 aliphatic rings. The molecule has 2 heterocycles. The van der Waals surface area contributed by atoms with Gasteiger partial charge >= 0.3 is 6.18 Å². The number of hydrogen-bond acceptors (Lipinski definition) is 6. The minimum absolute atomic E-state index is 0.00331. The van der Waals surface area contributed by atoms with E-state index < -0.39 is 22.6 Å². The van der Waals surface area contributed by atoms with Crippen LogP contribution in [0.5, 0.6) is 0 Å². The third-order valence-corrected chi connectivity index (χ3v) is 4.04. The van der Waals surface area contributed by atoms with Crippen molar-refractivity contribution >= 4 is 11.8 Å². The molecule has 0 saturated heterocycles. The molecule has 0 spiro atoms. The van der Waals surface area contributed by atoms with E-state index in [0.29, 0.717) is 12.2 Å². The molecule has 0 aromatic carbocycles. The van der Waals surface area contributed by atoms with Crippen LogP contribution in [-0.4, -0.2) is 15.1 Å². The quantitative estimate of drug-likeness (QED) is 0.779. The number of aryl methyl sites for hydroxylation is 2. The van der Waals surface area contributed by atoms with Gasteiger partial charge in [0.05, 0.1) is 16.4 Å². The largest absolute Gasteiger partial charge is 0.417 e. The molecule has 0 saturated carbocycles. The van der Waals surface area contributed by atoms with Crippen LogP contribution < -0.4 is 0 Å². The number of pyridine rings is 1. The fraction of sp³-hybridized carbons (Fsp3) is 0.429. The molecule has 0 bridgehead atoms. The first-order chi connectivity index (χ1) is 10.8. The monoisotopic (exact) mass is 342 g/mol. The Morgan fingerprint density at radius 2 is 2.09 bits per heavy atom. The fourth-order valence-corrected chi connectivity index (χ4v) is 2.86. The molecule has 0 aliphatic heterocycles. The SMILES string of the molecule is CCc1noc(C(C)Sc2nc(C)cc(C(F)(F)F)c2C#N)n1. The van der Waals surface area contributed by atoms with Gasteiger partial charge in [-0.3, -0.25) is 0 Å². The van der Waals surface area contributed by atoms with Gasteiger partial charge in [-0.2, -0.15) is 23.4 Å². The van der Waals surface area contributed by atoms with Gasteiger partial charge in [-0.1, -0.05) is 23.8 Å². The van der Waals surface area contributed by atoms with Crippen molar-refractivity contribution < 1.29 is 17.7 Å². The fourth-order valence-electron chi connectivity index (χ4n) is 1.86. The van der Waals surface area contributed by atoms with Crippen molar-refractivity contribution in [1.29, 1.82) is 5.26 Å². The number of rotatable bonds is 4. The second-order valence-corrected chi connectivity index (χ2v) is 6.09. The van der Waals surface area contributed by atoms with Crippen LogP contribution in [0.2, 0.25) is 0 Å². The lowest BCUT2D eigenvalue weighted by molar-refractivity contribution is -0.138. The maximum absolute atomic E-state index is 13.1. The lowest BCUT2D eigenvalue weighted by atomic mass is 10.1. The van der Waals surface area contributed by atoms with Gasteiger partial charge in [0.1, 0.15) is 11.1 Å². The van der Waals surface area contributed by atoms with Crippen LogP contribution in [0, 0.1) is 18.3 Å². The first kappa shape index (κ1) is 17.3. The lowest BCUT2D eigenvalue weighted by Gasteiger charge is -2.14. The topological polar surface area (TPSA) is 75.6 Å². The molecule has 9 heteroatoms. The number of aromatic nitrogens is 3. The Hall–Kier alpha value is -2.08. The third kappa shape index (κ3) is 3.82. The number of alkyl halides is 3. The first-order valence-electron chi connectivity index (χ1n) is 6.74. The van der Waals surface area contributed by atoms with Crippen LogP contribution in [0.4, 0.5) is 13.2 Å². The van der Waals surface area contributed by atoms with Crippen LogP contribution in [0.3, 0.4) is 0 Å². The average Bonchev–Trinajstić information content (AvgIpc) is 2.94. The van der Waals surface area contributed by atoms with Gasteiger partial charge in [0, 0.05) is 12.1 Å². The maximum atomic E-state index is 13.1. The number of halogens is 3. The highest BCUT2D eigenvalue weighted by Gasteiger charge is 2.36. The van der Waals surface area contributed by atoms with Gasteiger partial charge in [0.2, 0.25) is 5.89 Å². The van der Waals surface area contributed by atoms with Crippen molar-refractivity contribution in [2.24, 2.45) is 0 Å². The zero-order valence-corrected chi connectivity index (χ0v) is 13.4. The molecule has 0 amide bonds. The molecule has 1 unspecified atom stereocenters. The second kappa shape index (κ2) is 6.58. The molecular weight excluding hydrogens is 329 g/mol. The molecule has 5 nitrogen and oxygen atoms in total. The Bertz CT molecular complexity index is 751. The summed E-state index contributed by atoms with van der Waals surface area (Å²) in [5, 5.41) is 12.5. The second-order valence-electron chi connectivity index (χ2n) is 4.76. The molecule has 122 valence electrons. The predicted molar refractivity (Wildman–Crippen MR) is 76.6 cm³/mol. The van der Waals surface area contributed by atoms with Gasteiger partial charge in [0.25, 0.3) is 0 Å². The van der Waals surface area contributed by atoms with Crippen molar-refractivity contribution in [2.45, 2.75) is 43.6 Å². The predicted octanol–water partition coefficient (Wildman–Crippen LogP) is 4.08. The number of nitriles is 1. The zero-order valence-electron chi connectivity index (χ0n) is 12.6. The summed E-state index contributed by atoms with van der Waals surface area (Å²) in [6, 6.07) is 2.47. The van der Waals surface area contributed by atoms with E-state index in [9.17, 15) is 13.2 Å². The number of thioether (sulfide) groups is 1. The van der Waals surface area contributed by atoms with Crippen molar-refractivity contribution in [3.05, 3.63) is 34.6 Å². The Labute approximate surface area is 134 Å². The smallest absolute Gasteiger partial charge is 0.338 e. The first-order valence-corrected chi connectivity index (χ1v) is 7.62. The summed E-state index contributed by atoms with van der Waals surface area (Å²) in [7, 11) is 0. The van der Waals surface area contributed by atoms with Gasteiger partial charge in [0.15, 0.2) is 5.82 Å². The summed E-state index contributed by atoms with van der Waals surface area (Å²) < 4.78 is 44.3. The molecule has 2 rings (SSSR count). The average molecular weight is 342 g/mol. The van der Waals surface area contributed by atoms with Gasteiger partial charge in [-0.15, -0.1) is 0 Å². The highest BCUT2D eigenvalue weighted by Crippen LogP contribution is 2.40. The molecule has 2 aromatic rings. The maximum Gasteiger partial charge on any atom is 0.417 e. The van der Waals surface area contributed by atoms with Gasteiger partial charge < -0.3 is 4.52 Å². The Morgan fingerprint density at radius 1 is 1.39 bits per heavy atom. The van der Waals surface area contributed by atoms with E-state index in [4.69, 9.17) is 9.78 Å². The molecule has 2 aromatic heterocycles. The van der Waals surface area contributed by atoms with Crippen LogP contribution in [-0.2, 0) is 12.6 Å². The normalized spacial score (nSPS) is 12.9. The molecule has 0 aliphatic carbocycles. The zero-order chi connectivity index (χ0) is 17.2. The van der Waals surface area contributed by atoms with Crippen LogP contribution >= 0.6 is 11.8 Å². The van der Waals surface area contributed by atoms with E-state index in [1.54, 1.807) is 13.0 Å². The van der Waals surface area contributed by atoms with Crippen molar-refractivity contribution in [3.63, 3.8) is 0 Å². The highest BCUT2D eigenvalue weighted by atomic mass is 32.2. The lowest BCUT2D eigenvalue weighted by Crippen LogP contribution is -2.11. The van der Waals surface area contributed by atoms with E-state index in [1.807, 2.05) is 6.92 Å². The Kier molecular flexibility index (Phi) is 4.94. The summed E-state index contributed by atoms with van der Waals surface area (Å²) >= 11 is 0.986. The van der Waals surface area contributed by atoms with E-state index in [2.05, 4.69) is 15.1 Å². The summed E-state index contributed by atoms with van der Waals surface area (Å²) in [5.74, 6) is 0.800. The van der Waals surface area contributed by atoms with E-state index in [0.717, 1.165) is 17.8 Å².